The maximum absolute atomic E-state index is 11.3. The third kappa shape index (κ3) is 1.64. The molecule has 1 aromatic carbocycles. The Labute approximate surface area is 94.9 Å². The van der Waals surface area contributed by atoms with Crippen molar-refractivity contribution < 1.29 is 9.53 Å². The van der Waals surface area contributed by atoms with E-state index in [9.17, 15) is 4.79 Å². The number of ketones is 1. The molecule has 2 aliphatic rings. The quantitative estimate of drug-likeness (QED) is 0.718. The molecule has 0 amide bonds. The fourth-order valence-electron chi connectivity index (χ4n) is 2.60. The minimum Gasteiger partial charge on any atom is -0.497 e. The molecule has 1 aliphatic carbocycles. The van der Waals surface area contributed by atoms with Gasteiger partial charge in [0, 0.05) is 24.3 Å². The van der Waals surface area contributed by atoms with Crippen molar-refractivity contribution in [3.63, 3.8) is 0 Å². The second-order valence-electron chi connectivity index (χ2n) is 4.57. The second kappa shape index (κ2) is 3.78. The van der Waals surface area contributed by atoms with E-state index in [4.69, 9.17) is 4.74 Å². The van der Waals surface area contributed by atoms with Gasteiger partial charge in [-0.3, -0.25) is 4.79 Å². The lowest BCUT2D eigenvalue weighted by atomic mass is 9.86. The number of fused-ring (bicyclic) bond motifs is 1. The van der Waals surface area contributed by atoms with Crippen molar-refractivity contribution in [2.75, 3.05) is 6.61 Å². The molecule has 0 spiro atoms. The molecule has 0 bridgehead atoms. The topological polar surface area (TPSA) is 26.3 Å². The number of allylic oxidation sites excluding steroid dienone is 2. The molecule has 0 unspecified atom stereocenters. The number of carbonyl (C=O) groups is 1. The molecule has 1 fully saturated rings. The van der Waals surface area contributed by atoms with Crippen molar-refractivity contribution >= 4 is 5.78 Å². The summed E-state index contributed by atoms with van der Waals surface area (Å²) in [6.07, 6.45) is 3.35. The summed E-state index contributed by atoms with van der Waals surface area (Å²) >= 11 is 0. The summed E-state index contributed by atoms with van der Waals surface area (Å²) < 4.78 is 5.68. The summed E-state index contributed by atoms with van der Waals surface area (Å²) in [7, 11) is 0. The molecular weight excluding hydrogens is 200 g/mol. The molecular formula is C14H14O2. The first-order valence-corrected chi connectivity index (χ1v) is 5.75. The van der Waals surface area contributed by atoms with Gasteiger partial charge in [0.15, 0.2) is 5.78 Å². The van der Waals surface area contributed by atoms with Crippen LogP contribution in [-0.4, -0.2) is 12.4 Å². The molecule has 1 heterocycles. The van der Waals surface area contributed by atoms with Crippen LogP contribution in [0.4, 0.5) is 0 Å². The number of rotatable bonds is 1. The predicted molar refractivity (Wildman–Crippen MR) is 60.9 cm³/mol. The first-order valence-electron chi connectivity index (χ1n) is 5.75. The Bertz CT molecular complexity index is 433. The molecule has 0 radical (unpaired) electrons. The lowest BCUT2D eigenvalue weighted by molar-refractivity contribution is -0.114. The van der Waals surface area contributed by atoms with Gasteiger partial charge in [0.2, 0.25) is 0 Å². The third-order valence-corrected chi connectivity index (χ3v) is 3.44. The lowest BCUT2D eigenvalue weighted by Gasteiger charge is -2.29. The normalized spacial score (nSPS) is 28.2. The standard InChI is InChI=1S/C14H14O2/c15-13-7-11-6-12(9-16-14(11)8-13)10-4-2-1-3-5-10/h1-5,8,11-12H,6-7,9H2/t11-,12-/m1/s1. The van der Waals surface area contributed by atoms with E-state index < -0.39 is 0 Å². The van der Waals surface area contributed by atoms with Crippen LogP contribution >= 0.6 is 0 Å². The van der Waals surface area contributed by atoms with Crippen LogP contribution in [0.25, 0.3) is 0 Å². The van der Waals surface area contributed by atoms with Gasteiger partial charge in [0.25, 0.3) is 0 Å². The molecule has 82 valence electrons. The average molecular weight is 214 g/mol. The van der Waals surface area contributed by atoms with Crippen LogP contribution in [0.2, 0.25) is 0 Å². The zero-order valence-electron chi connectivity index (χ0n) is 9.06. The van der Waals surface area contributed by atoms with Crippen molar-refractivity contribution in [1.29, 1.82) is 0 Å². The molecule has 2 heteroatoms. The van der Waals surface area contributed by atoms with E-state index in [0.29, 0.717) is 24.9 Å². The Morgan fingerprint density at radius 2 is 1.94 bits per heavy atom. The molecule has 0 N–H and O–H groups in total. The van der Waals surface area contributed by atoms with E-state index in [0.717, 1.165) is 12.2 Å². The zero-order valence-corrected chi connectivity index (χ0v) is 9.06. The Morgan fingerprint density at radius 1 is 1.12 bits per heavy atom. The van der Waals surface area contributed by atoms with Gasteiger partial charge in [0.05, 0.1) is 6.61 Å². The van der Waals surface area contributed by atoms with Crippen LogP contribution in [-0.2, 0) is 9.53 Å². The van der Waals surface area contributed by atoms with Crippen molar-refractivity contribution in [2.45, 2.75) is 18.8 Å². The smallest absolute Gasteiger partial charge is 0.159 e. The highest BCUT2D eigenvalue weighted by atomic mass is 16.5. The van der Waals surface area contributed by atoms with Crippen molar-refractivity contribution in [3.05, 3.63) is 47.7 Å². The molecule has 16 heavy (non-hydrogen) atoms. The zero-order chi connectivity index (χ0) is 11.0. The molecule has 2 atom stereocenters. The van der Waals surface area contributed by atoms with Gasteiger partial charge in [0.1, 0.15) is 5.76 Å². The Hall–Kier alpha value is -1.57. The van der Waals surface area contributed by atoms with Gasteiger partial charge in [-0.15, -0.1) is 0 Å². The SMILES string of the molecule is O=C1C=C2OC[C@H](c3ccccc3)C[C@@H]2C1. The highest BCUT2D eigenvalue weighted by molar-refractivity contribution is 5.93. The first kappa shape index (κ1) is 9.64. The number of carbonyl (C=O) groups excluding carboxylic acids is 1. The van der Waals surface area contributed by atoms with Gasteiger partial charge in [-0.25, -0.2) is 0 Å². The number of hydrogen-bond acceptors (Lipinski definition) is 2. The summed E-state index contributed by atoms with van der Waals surface area (Å²) in [6, 6.07) is 10.4. The van der Waals surface area contributed by atoms with Gasteiger partial charge in [-0.1, -0.05) is 30.3 Å². The molecule has 3 rings (SSSR count). The average Bonchev–Trinajstić information content (AvgIpc) is 2.69. The number of ether oxygens (including phenoxy) is 1. The molecule has 0 saturated carbocycles. The monoisotopic (exact) mass is 214 g/mol. The lowest BCUT2D eigenvalue weighted by Crippen LogP contribution is -2.20. The molecule has 0 aromatic heterocycles. The van der Waals surface area contributed by atoms with Gasteiger partial charge < -0.3 is 4.74 Å². The van der Waals surface area contributed by atoms with E-state index >= 15 is 0 Å². The van der Waals surface area contributed by atoms with Crippen LogP contribution in [0, 0.1) is 5.92 Å². The first-order chi connectivity index (χ1) is 7.83. The van der Waals surface area contributed by atoms with Crippen LogP contribution < -0.4 is 0 Å². The molecule has 1 aromatic rings. The summed E-state index contributed by atoms with van der Waals surface area (Å²) in [5.41, 5.74) is 1.32. The van der Waals surface area contributed by atoms with Crippen molar-refractivity contribution in [3.8, 4) is 0 Å². The minimum absolute atomic E-state index is 0.216. The summed E-state index contributed by atoms with van der Waals surface area (Å²) in [5, 5.41) is 0. The number of benzene rings is 1. The van der Waals surface area contributed by atoms with Crippen molar-refractivity contribution in [1.82, 2.24) is 0 Å². The van der Waals surface area contributed by atoms with Gasteiger partial charge >= 0.3 is 0 Å². The Morgan fingerprint density at radius 3 is 2.75 bits per heavy atom. The van der Waals surface area contributed by atoms with E-state index in [1.807, 2.05) is 6.07 Å². The fourth-order valence-corrected chi connectivity index (χ4v) is 2.60. The summed E-state index contributed by atoms with van der Waals surface area (Å²) in [4.78, 5) is 11.3. The molecule has 1 saturated heterocycles. The summed E-state index contributed by atoms with van der Waals surface area (Å²) in [6.45, 7) is 0.708. The van der Waals surface area contributed by atoms with E-state index in [2.05, 4.69) is 24.3 Å². The molecule has 1 aliphatic heterocycles. The predicted octanol–water partition coefficient (Wildman–Crippen LogP) is 2.66. The fraction of sp³-hybridized carbons (Fsp3) is 0.357. The Kier molecular flexibility index (Phi) is 2.28. The van der Waals surface area contributed by atoms with E-state index in [1.54, 1.807) is 6.08 Å². The van der Waals surface area contributed by atoms with Crippen molar-refractivity contribution in [2.24, 2.45) is 5.92 Å². The third-order valence-electron chi connectivity index (χ3n) is 3.44. The van der Waals surface area contributed by atoms with Crippen LogP contribution in [0.1, 0.15) is 24.3 Å². The second-order valence-corrected chi connectivity index (χ2v) is 4.57. The maximum atomic E-state index is 11.3. The Balaban J connectivity index is 1.78. The highest BCUT2D eigenvalue weighted by Crippen LogP contribution is 2.39. The summed E-state index contributed by atoms with van der Waals surface area (Å²) in [5.74, 6) is 1.89. The van der Waals surface area contributed by atoms with E-state index in [-0.39, 0.29) is 5.78 Å². The van der Waals surface area contributed by atoms with Crippen LogP contribution in [0.15, 0.2) is 42.2 Å². The van der Waals surface area contributed by atoms with E-state index in [1.165, 1.54) is 5.56 Å². The van der Waals surface area contributed by atoms with Crippen LogP contribution in [0.5, 0.6) is 0 Å². The van der Waals surface area contributed by atoms with Gasteiger partial charge in [-0.2, -0.15) is 0 Å². The highest BCUT2D eigenvalue weighted by Gasteiger charge is 2.33. The molecule has 2 nitrogen and oxygen atoms in total. The maximum Gasteiger partial charge on any atom is 0.159 e. The number of hydrogen-bond donors (Lipinski definition) is 0. The largest absolute Gasteiger partial charge is 0.497 e. The van der Waals surface area contributed by atoms with Gasteiger partial charge in [-0.05, 0) is 12.0 Å². The minimum atomic E-state index is 0.216. The van der Waals surface area contributed by atoms with Crippen LogP contribution in [0.3, 0.4) is 0 Å².